The Bertz CT molecular complexity index is 1360. The Kier molecular flexibility index (Phi) is 8.73. The molecule has 1 heterocycles. The number of nitrogens with zero attached hydrogens (tertiary/aromatic N) is 2. The van der Waals surface area contributed by atoms with Gasteiger partial charge in [0.05, 0.1) is 12.9 Å². The number of thiazole rings is 1. The van der Waals surface area contributed by atoms with Gasteiger partial charge in [0.1, 0.15) is 7.11 Å². The number of hydrogen-bond acceptors (Lipinski definition) is 7. The lowest BCUT2D eigenvalue weighted by Crippen LogP contribution is -2.44. The first-order valence-corrected chi connectivity index (χ1v) is 17.5. The zero-order valence-corrected chi connectivity index (χ0v) is 28.0. The lowest BCUT2D eigenvalue weighted by Gasteiger charge is -2.50. The fraction of sp³-hybridized carbons (Fsp3) is 0.577. The van der Waals surface area contributed by atoms with Gasteiger partial charge in [-0.1, -0.05) is 12.1 Å². The van der Waals surface area contributed by atoms with E-state index in [1.54, 1.807) is 13.3 Å². The van der Waals surface area contributed by atoms with Gasteiger partial charge in [0, 0.05) is 22.9 Å². The maximum atomic E-state index is 12.8. The molecule has 1 amide bonds. The van der Waals surface area contributed by atoms with Gasteiger partial charge in [0.15, 0.2) is 10.9 Å². The maximum absolute atomic E-state index is 12.8. The van der Waals surface area contributed by atoms with Crippen molar-refractivity contribution in [1.29, 1.82) is 0 Å². The van der Waals surface area contributed by atoms with Crippen molar-refractivity contribution >= 4 is 81.1 Å². The van der Waals surface area contributed by atoms with Crippen LogP contribution in [0.15, 0.2) is 17.4 Å². The lowest BCUT2D eigenvalue weighted by molar-refractivity contribution is -0.116. The van der Waals surface area contributed by atoms with Crippen LogP contribution < -0.4 is 9.84 Å². The summed E-state index contributed by atoms with van der Waals surface area (Å²) in [5.74, 6) is 1.72. The molecule has 39 heavy (non-hydrogen) atoms. The molecule has 3 unspecified atom stereocenters. The van der Waals surface area contributed by atoms with Crippen LogP contribution >= 0.6 is 64.3 Å². The molecule has 212 valence electrons. The van der Waals surface area contributed by atoms with Gasteiger partial charge in [-0.25, -0.2) is 9.55 Å². The van der Waals surface area contributed by atoms with E-state index in [9.17, 15) is 19.1 Å². The molecule has 3 aliphatic carbocycles. The number of aryl methyl sites for hydroxylation is 1. The number of halogens is 2. The van der Waals surface area contributed by atoms with Gasteiger partial charge in [-0.3, -0.25) is 14.6 Å². The van der Waals surface area contributed by atoms with Gasteiger partial charge in [-0.2, -0.15) is 0 Å². The monoisotopic (exact) mass is 799 g/mol. The number of benzene rings is 1. The summed E-state index contributed by atoms with van der Waals surface area (Å²) in [5.41, 5.74) is 3.44. The molecule has 0 radical (unpaired) electrons. The van der Waals surface area contributed by atoms with E-state index in [1.807, 2.05) is 6.92 Å². The van der Waals surface area contributed by atoms with Crippen molar-refractivity contribution in [1.82, 2.24) is 4.98 Å². The van der Waals surface area contributed by atoms with E-state index in [4.69, 9.17) is 9.36 Å². The van der Waals surface area contributed by atoms with Gasteiger partial charge in [0.25, 0.3) is 0 Å². The minimum absolute atomic E-state index is 0.00812. The fourth-order valence-electron chi connectivity index (χ4n) is 7.34. The average molecular weight is 799 g/mol. The number of phosphoric ester groups is 1. The smallest absolute Gasteiger partial charge is 0.402 e. The summed E-state index contributed by atoms with van der Waals surface area (Å²) in [6.45, 7) is 4.29. The highest BCUT2D eigenvalue weighted by molar-refractivity contribution is 14.1. The highest BCUT2D eigenvalue weighted by atomic mass is 127. The Balaban J connectivity index is 1.41. The molecular weight excluding hydrogens is 767 g/mol. The highest BCUT2D eigenvalue weighted by Crippen LogP contribution is 2.63. The first kappa shape index (κ1) is 29.7. The van der Waals surface area contributed by atoms with E-state index < -0.39 is 7.82 Å². The van der Waals surface area contributed by atoms with Gasteiger partial charge >= 0.3 is 7.82 Å². The third kappa shape index (κ3) is 5.93. The third-order valence-corrected chi connectivity index (χ3v) is 12.0. The molecule has 5 rings (SSSR count). The topological polar surface area (TPSA) is 130 Å². The number of anilines is 1. The molecule has 13 heteroatoms. The Morgan fingerprint density at radius 3 is 2.79 bits per heavy atom. The first-order valence-electron chi connectivity index (χ1n) is 13.0. The molecule has 0 spiro atoms. The van der Waals surface area contributed by atoms with Crippen molar-refractivity contribution in [2.24, 2.45) is 28.3 Å². The first-order chi connectivity index (χ1) is 18.4. The van der Waals surface area contributed by atoms with E-state index in [1.165, 1.54) is 16.9 Å². The minimum atomic E-state index is -4.66. The molecule has 2 saturated carbocycles. The van der Waals surface area contributed by atoms with E-state index in [2.05, 4.69) is 73.6 Å². The number of carbonyl (C=O) groups excluding carboxylic acids is 1. The van der Waals surface area contributed by atoms with E-state index in [0.717, 1.165) is 58.2 Å². The molecule has 1 aromatic carbocycles. The summed E-state index contributed by atoms with van der Waals surface area (Å²) < 4.78 is 18.2. The van der Waals surface area contributed by atoms with Crippen LogP contribution in [-0.4, -0.2) is 33.5 Å². The molecule has 3 N–H and O–H groups in total. The number of aromatic nitrogens is 1. The molecule has 2 fully saturated rings. The zero-order valence-electron chi connectivity index (χ0n) is 21.9. The van der Waals surface area contributed by atoms with Crippen molar-refractivity contribution in [3.05, 3.63) is 35.4 Å². The zero-order chi connectivity index (χ0) is 28.1. The summed E-state index contributed by atoms with van der Waals surface area (Å²) in [7, 11) is -3.06. The van der Waals surface area contributed by atoms with Crippen LogP contribution in [0.3, 0.4) is 0 Å². The molecule has 0 bridgehead atoms. The standard InChI is InChI=1S/C26H32I2N3O6PS/c1-13-12-29-25(39-13)30-21(32)7-4-14-10-20(31-36-3)26(2)9-8-15-16(22(14)26)5-6-17-18(15)11-19(27)24(23(17)28)37-38(33,34)35/h11-12,14-16,22H,4-10H2,1-3H3,(H,29,30,32)(H2,33,34,35)/t14-,15?,16?,22?,26-/m1/s1. The summed E-state index contributed by atoms with van der Waals surface area (Å²) in [6.07, 6.45) is 7.60. The summed E-state index contributed by atoms with van der Waals surface area (Å²) >= 11 is 5.78. The second kappa shape index (κ2) is 11.5. The van der Waals surface area contributed by atoms with Gasteiger partial charge in [-0.05, 0) is 131 Å². The molecule has 9 nitrogen and oxygen atoms in total. The molecule has 5 atom stereocenters. The normalized spacial score (nSPS) is 28.9. The van der Waals surface area contributed by atoms with Crippen LogP contribution in [0.2, 0.25) is 0 Å². The maximum Gasteiger partial charge on any atom is 0.524 e. The quantitative estimate of drug-likeness (QED) is 0.163. The van der Waals surface area contributed by atoms with Crippen molar-refractivity contribution in [2.75, 3.05) is 12.4 Å². The second-order valence-electron chi connectivity index (χ2n) is 11.0. The van der Waals surface area contributed by atoms with Crippen molar-refractivity contribution in [3.8, 4) is 5.75 Å². The Morgan fingerprint density at radius 1 is 1.36 bits per heavy atom. The Morgan fingerprint density at radius 2 is 2.13 bits per heavy atom. The van der Waals surface area contributed by atoms with Crippen LogP contribution in [0.4, 0.5) is 5.13 Å². The Hall–Kier alpha value is -0.800. The summed E-state index contributed by atoms with van der Waals surface area (Å²) in [4.78, 5) is 42.3. The van der Waals surface area contributed by atoms with Crippen LogP contribution in [0.1, 0.15) is 67.4 Å². The summed E-state index contributed by atoms with van der Waals surface area (Å²) in [5, 5.41) is 8.09. The highest BCUT2D eigenvalue weighted by Gasteiger charge is 2.58. The molecule has 3 aliphatic rings. The molecule has 2 aromatic rings. The average Bonchev–Trinajstić information content (AvgIpc) is 3.39. The number of hydrogen-bond donors (Lipinski definition) is 3. The van der Waals surface area contributed by atoms with Gasteiger partial charge in [-0.15, -0.1) is 11.3 Å². The lowest BCUT2D eigenvalue weighted by atomic mass is 9.54. The minimum Gasteiger partial charge on any atom is -0.402 e. The van der Waals surface area contributed by atoms with Crippen molar-refractivity contribution in [3.63, 3.8) is 0 Å². The van der Waals surface area contributed by atoms with Gasteiger partial charge in [0.2, 0.25) is 5.91 Å². The van der Waals surface area contributed by atoms with Crippen LogP contribution in [0, 0.1) is 37.2 Å². The number of phosphoric acid groups is 1. The molecular formula is C26H32I2N3O6PS. The largest absolute Gasteiger partial charge is 0.524 e. The fourth-order valence-corrected chi connectivity index (χ4v) is 11.0. The molecule has 1 aromatic heterocycles. The Labute approximate surface area is 259 Å². The summed E-state index contributed by atoms with van der Waals surface area (Å²) in [6, 6.07) is 2.07. The van der Waals surface area contributed by atoms with Gasteiger partial charge < -0.3 is 14.7 Å². The second-order valence-corrected chi connectivity index (χ2v) is 15.6. The number of rotatable bonds is 7. The number of carbonyl (C=O) groups is 1. The van der Waals surface area contributed by atoms with Crippen molar-refractivity contribution < 1.29 is 28.5 Å². The van der Waals surface area contributed by atoms with Crippen LogP contribution in [0.5, 0.6) is 5.75 Å². The third-order valence-electron chi connectivity index (χ3n) is 8.77. The van der Waals surface area contributed by atoms with E-state index in [-0.39, 0.29) is 17.1 Å². The number of oxime groups is 1. The predicted molar refractivity (Wildman–Crippen MR) is 167 cm³/mol. The molecule has 0 aliphatic heterocycles. The number of amides is 1. The number of nitrogens with one attached hydrogen (secondary N) is 1. The number of fused-ring (bicyclic) bond motifs is 5. The van der Waals surface area contributed by atoms with Crippen molar-refractivity contribution in [2.45, 2.75) is 64.7 Å². The van der Waals surface area contributed by atoms with Crippen LogP contribution in [0.25, 0.3) is 0 Å². The predicted octanol–water partition coefficient (Wildman–Crippen LogP) is 6.64. The van der Waals surface area contributed by atoms with E-state index >= 15 is 0 Å². The molecule has 0 saturated heterocycles. The van der Waals surface area contributed by atoms with E-state index in [0.29, 0.717) is 38.8 Å². The van der Waals surface area contributed by atoms with Crippen LogP contribution in [-0.2, 0) is 20.6 Å². The SMILES string of the molecule is CON=C1C[C@@H](CCC(=O)Nc2ncc(C)s2)C2C3CCc4c(cc(I)c(OP(=O)(O)O)c4I)C3CC[C@]12C.